The molecule has 1 spiro atoms. The maximum atomic E-state index is 15.0. The summed E-state index contributed by atoms with van der Waals surface area (Å²) in [5.41, 5.74) is 1.24. The van der Waals surface area contributed by atoms with Crippen LogP contribution in [0.4, 0.5) is 11.4 Å². The topological polar surface area (TPSA) is 93.6 Å². The molecule has 0 aliphatic carbocycles. The minimum absolute atomic E-state index is 0.144. The molecule has 246 valence electrons. The second kappa shape index (κ2) is 14.2. The Labute approximate surface area is 273 Å². The molecule has 2 aromatic carbocycles. The lowest BCUT2D eigenvalue weighted by Gasteiger charge is -2.39. The molecule has 0 aromatic heterocycles. The summed E-state index contributed by atoms with van der Waals surface area (Å²) in [6.07, 6.45) is 4.70. The van der Waals surface area contributed by atoms with Crippen LogP contribution in [0.2, 0.25) is 0 Å². The summed E-state index contributed by atoms with van der Waals surface area (Å²) in [6, 6.07) is 15.3. The van der Waals surface area contributed by atoms with Gasteiger partial charge in [0.15, 0.2) is 0 Å². The Morgan fingerprint density at radius 2 is 1.65 bits per heavy atom. The normalized spacial score (nSPS) is 25.2. The van der Waals surface area contributed by atoms with Gasteiger partial charge in [0.05, 0.1) is 30.6 Å². The molecule has 2 aromatic rings. The van der Waals surface area contributed by atoms with E-state index in [1.807, 2.05) is 61.5 Å². The molecule has 3 aliphatic heterocycles. The molecular formula is C37H48N4O5. The van der Waals surface area contributed by atoms with Crippen molar-refractivity contribution in [3.05, 3.63) is 85.5 Å². The third-order valence-corrected chi connectivity index (χ3v) is 9.97. The number of ether oxygens (including phenoxy) is 1. The number of nitrogens with zero attached hydrogens (tertiary/aromatic N) is 4. The highest BCUT2D eigenvalue weighted by Gasteiger charge is 2.75. The van der Waals surface area contributed by atoms with E-state index in [0.29, 0.717) is 37.2 Å². The SMILES string of the molecule is C=CCN(CCC)C(=O)[C@@H]1[C@@H]2CCC3(O2)C(C(=O)N(CC=C)c2ccc(N(CC)CC)cc2)N([C@H](CO)c2ccccc2)C(=O)[C@H]13. The highest BCUT2D eigenvalue weighted by Crippen LogP contribution is 2.60. The van der Waals surface area contributed by atoms with Gasteiger partial charge in [-0.25, -0.2) is 0 Å². The van der Waals surface area contributed by atoms with Crippen LogP contribution in [0, 0.1) is 11.8 Å². The largest absolute Gasteiger partial charge is 0.394 e. The van der Waals surface area contributed by atoms with Crippen molar-refractivity contribution in [3.8, 4) is 0 Å². The van der Waals surface area contributed by atoms with Gasteiger partial charge < -0.3 is 29.4 Å². The highest BCUT2D eigenvalue weighted by molar-refractivity contribution is 6.05. The van der Waals surface area contributed by atoms with E-state index in [1.165, 1.54) is 4.90 Å². The number of carbonyl (C=O) groups is 3. The number of carbonyl (C=O) groups excluding carboxylic acids is 3. The van der Waals surface area contributed by atoms with Crippen molar-refractivity contribution in [3.63, 3.8) is 0 Å². The van der Waals surface area contributed by atoms with Crippen molar-refractivity contribution in [1.29, 1.82) is 0 Å². The zero-order valence-corrected chi connectivity index (χ0v) is 27.4. The predicted molar refractivity (Wildman–Crippen MR) is 180 cm³/mol. The number of aliphatic hydroxyl groups is 1. The van der Waals surface area contributed by atoms with Gasteiger partial charge in [0, 0.05) is 44.1 Å². The molecule has 5 rings (SSSR count). The first-order valence-corrected chi connectivity index (χ1v) is 16.6. The molecule has 1 N–H and O–H groups in total. The van der Waals surface area contributed by atoms with Crippen LogP contribution in [-0.2, 0) is 19.1 Å². The van der Waals surface area contributed by atoms with Gasteiger partial charge in [0.25, 0.3) is 5.91 Å². The Morgan fingerprint density at radius 1 is 1.00 bits per heavy atom. The monoisotopic (exact) mass is 628 g/mol. The van der Waals surface area contributed by atoms with E-state index in [1.54, 1.807) is 22.0 Å². The van der Waals surface area contributed by atoms with E-state index in [-0.39, 0.29) is 30.9 Å². The number of aliphatic hydroxyl groups excluding tert-OH is 1. The first-order chi connectivity index (χ1) is 22.3. The van der Waals surface area contributed by atoms with Crippen LogP contribution < -0.4 is 9.80 Å². The molecule has 0 saturated carbocycles. The van der Waals surface area contributed by atoms with Crippen molar-refractivity contribution in [1.82, 2.24) is 9.80 Å². The predicted octanol–water partition coefficient (Wildman–Crippen LogP) is 4.58. The second-order valence-electron chi connectivity index (χ2n) is 12.4. The number of hydrogen-bond donors (Lipinski definition) is 1. The molecule has 0 radical (unpaired) electrons. The van der Waals surface area contributed by atoms with Crippen LogP contribution in [0.3, 0.4) is 0 Å². The van der Waals surface area contributed by atoms with Gasteiger partial charge in [-0.15, -0.1) is 13.2 Å². The van der Waals surface area contributed by atoms with E-state index in [0.717, 1.165) is 25.2 Å². The van der Waals surface area contributed by atoms with Gasteiger partial charge >= 0.3 is 0 Å². The molecule has 3 amide bonds. The first kappa shape index (κ1) is 33.4. The minimum Gasteiger partial charge on any atom is -0.394 e. The summed E-state index contributed by atoms with van der Waals surface area (Å²) in [7, 11) is 0. The summed E-state index contributed by atoms with van der Waals surface area (Å²) in [4.78, 5) is 51.1. The van der Waals surface area contributed by atoms with E-state index < -0.39 is 35.6 Å². The summed E-state index contributed by atoms with van der Waals surface area (Å²) in [5.74, 6) is -2.34. The lowest BCUT2D eigenvalue weighted by atomic mass is 9.70. The summed E-state index contributed by atoms with van der Waals surface area (Å²) < 4.78 is 6.74. The summed E-state index contributed by atoms with van der Waals surface area (Å²) in [6.45, 7) is 16.4. The Bertz CT molecular complexity index is 1410. The fourth-order valence-electron chi connectivity index (χ4n) is 7.98. The molecule has 2 bridgehead atoms. The highest BCUT2D eigenvalue weighted by atomic mass is 16.5. The number of likely N-dealkylation sites (tertiary alicyclic amines) is 1. The zero-order chi connectivity index (χ0) is 33.0. The standard InChI is InChI=1S/C37H48N4O5/c1-6-22-39(23-7-2)34(43)31-30-20-21-37(46-30)32(31)35(44)41(29(25-42)26-14-12-11-13-15-26)33(37)36(45)40(24-8-3)28-18-16-27(17-19-28)38(9-4)10-5/h6,8,11-19,29-33,42H,1,3,7,9-10,20-25H2,2,4-5H3/t29-,30+,31-,32+,33?,37?/m1/s1. The Morgan fingerprint density at radius 3 is 2.24 bits per heavy atom. The molecule has 2 unspecified atom stereocenters. The molecule has 9 nitrogen and oxygen atoms in total. The second-order valence-corrected chi connectivity index (χ2v) is 12.4. The average molecular weight is 629 g/mol. The van der Waals surface area contributed by atoms with Crippen LogP contribution in [0.15, 0.2) is 79.9 Å². The third kappa shape index (κ3) is 5.64. The lowest BCUT2D eigenvalue weighted by molar-refractivity contribution is -0.147. The quantitative estimate of drug-likeness (QED) is 0.290. The molecule has 3 saturated heterocycles. The van der Waals surface area contributed by atoms with Crippen molar-refractivity contribution in [2.24, 2.45) is 11.8 Å². The Hall–Kier alpha value is -3.95. The number of fused-ring (bicyclic) bond motifs is 1. The van der Waals surface area contributed by atoms with Gasteiger partial charge in [0.1, 0.15) is 11.6 Å². The number of benzene rings is 2. The summed E-state index contributed by atoms with van der Waals surface area (Å²) in [5, 5.41) is 10.8. The maximum Gasteiger partial charge on any atom is 0.253 e. The van der Waals surface area contributed by atoms with Crippen LogP contribution in [0.1, 0.15) is 51.6 Å². The van der Waals surface area contributed by atoms with Crippen LogP contribution in [0.25, 0.3) is 0 Å². The van der Waals surface area contributed by atoms with E-state index >= 15 is 4.79 Å². The van der Waals surface area contributed by atoms with Gasteiger partial charge in [-0.3, -0.25) is 14.4 Å². The van der Waals surface area contributed by atoms with E-state index in [2.05, 4.69) is 31.9 Å². The van der Waals surface area contributed by atoms with Gasteiger partial charge in [-0.05, 0) is 62.9 Å². The van der Waals surface area contributed by atoms with Gasteiger partial charge in [-0.1, -0.05) is 49.4 Å². The van der Waals surface area contributed by atoms with Gasteiger partial charge in [-0.2, -0.15) is 0 Å². The van der Waals surface area contributed by atoms with Crippen molar-refractivity contribution in [2.45, 2.75) is 63.8 Å². The molecule has 3 aliphatic rings. The van der Waals surface area contributed by atoms with Crippen LogP contribution in [-0.4, -0.2) is 89.7 Å². The maximum absolute atomic E-state index is 15.0. The molecule has 3 heterocycles. The van der Waals surface area contributed by atoms with Crippen molar-refractivity contribution < 1.29 is 24.2 Å². The van der Waals surface area contributed by atoms with Gasteiger partial charge in [0.2, 0.25) is 11.8 Å². The smallest absolute Gasteiger partial charge is 0.253 e. The minimum atomic E-state index is -1.20. The fraction of sp³-hybridized carbons (Fsp3) is 0.486. The molecular weight excluding hydrogens is 580 g/mol. The van der Waals surface area contributed by atoms with Crippen LogP contribution >= 0.6 is 0 Å². The van der Waals surface area contributed by atoms with Crippen LogP contribution in [0.5, 0.6) is 0 Å². The molecule has 3 fully saturated rings. The molecule has 6 atom stereocenters. The number of amides is 3. The van der Waals surface area contributed by atoms with Crippen molar-refractivity contribution >= 4 is 29.1 Å². The lowest BCUT2D eigenvalue weighted by Crippen LogP contribution is -2.57. The van der Waals surface area contributed by atoms with Crippen molar-refractivity contribution in [2.75, 3.05) is 49.1 Å². The number of rotatable bonds is 15. The Balaban J connectivity index is 1.61. The Kier molecular flexibility index (Phi) is 10.3. The number of hydrogen-bond acceptors (Lipinski definition) is 6. The summed E-state index contributed by atoms with van der Waals surface area (Å²) >= 11 is 0. The molecule has 46 heavy (non-hydrogen) atoms. The van der Waals surface area contributed by atoms with E-state index in [9.17, 15) is 14.7 Å². The number of anilines is 2. The van der Waals surface area contributed by atoms with E-state index in [4.69, 9.17) is 4.74 Å². The first-order valence-electron chi connectivity index (χ1n) is 16.6. The fourth-order valence-corrected chi connectivity index (χ4v) is 7.98. The third-order valence-electron chi connectivity index (χ3n) is 9.97. The average Bonchev–Trinajstić information content (AvgIpc) is 3.72. The molecule has 9 heteroatoms. The zero-order valence-electron chi connectivity index (χ0n) is 27.4.